The maximum absolute atomic E-state index is 13.2. The van der Waals surface area contributed by atoms with Gasteiger partial charge in [0.1, 0.15) is 15.7 Å². The van der Waals surface area contributed by atoms with Gasteiger partial charge >= 0.3 is 5.97 Å². The van der Waals surface area contributed by atoms with Gasteiger partial charge in [0.25, 0.3) is 5.91 Å². The number of ether oxygens (including phenoxy) is 1. The summed E-state index contributed by atoms with van der Waals surface area (Å²) in [5.41, 5.74) is 1.83. The number of carbonyl (C=O) groups is 2. The van der Waals surface area contributed by atoms with Crippen molar-refractivity contribution in [1.82, 2.24) is 10.3 Å². The molecule has 0 aliphatic heterocycles. The van der Waals surface area contributed by atoms with Crippen molar-refractivity contribution in [2.45, 2.75) is 31.9 Å². The number of rotatable bonds is 6. The van der Waals surface area contributed by atoms with Gasteiger partial charge in [0.05, 0.1) is 5.69 Å². The second-order valence-electron chi connectivity index (χ2n) is 6.92. The molecule has 7 heteroatoms. The highest BCUT2D eigenvalue weighted by atomic mass is 32.1. The normalized spacial score (nSPS) is 14.3. The van der Waals surface area contributed by atoms with Crippen LogP contribution in [-0.4, -0.2) is 22.9 Å². The van der Waals surface area contributed by atoms with Gasteiger partial charge in [0.2, 0.25) is 6.10 Å². The van der Waals surface area contributed by atoms with E-state index >= 15 is 0 Å². The van der Waals surface area contributed by atoms with Crippen LogP contribution in [0.1, 0.15) is 39.9 Å². The van der Waals surface area contributed by atoms with E-state index in [0.717, 1.165) is 24.2 Å². The Morgan fingerprint density at radius 1 is 1.14 bits per heavy atom. The van der Waals surface area contributed by atoms with Gasteiger partial charge in [-0.1, -0.05) is 30.3 Å². The van der Waals surface area contributed by atoms with Gasteiger partial charge in [0.15, 0.2) is 0 Å². The Kier molecular flexibility index (Phi) is 5.40. The molecule has 1 aliphatic rings. The average molecular weight is 410 g/mol. The molecule has 1 amide bonds. The lowest BCUT2D eigenvalue weighted by molar-refractivity contribution is -0.130. The quantitative estimate of drug-likeness (QED) is 0.610. The number of hydrogen-bond donors (Lipinski definition) is 1. The molecule has 1 aromatic heterocycles. The first-order valence-corrected chi connectivity index (χ1v) is 10.1. The first-order valence-electron chi connectivity index (χ1n) is 9.31. The topological polar surface area (TPSA) is 68.3 Å². The Morgan fingerprint density at radius 2 is 1.83 bits per heavy atom. The molecule has 5 nitrogen and oxygen atoms in total. The van der Waals surface area contributed by atoms with Gasteiger partial charge in [-0.2, -0.15) is 0 Å². The first-order chi connectivity index (χ1) is 14.0. The Morgan fingerprint density at radius 3 is 2.48 bits per heavy atom. The van der Waals surface area contributed by atoms with E-state index in [4.69, 9.17) is 4.74 Å². The van der Waals surface area contributed by atoms with Crippen molar-refractivity contribution in [2.75, 3.05) is 0 Å². The zero-order chi connectivity index (χ0) is 20.4. The lowest BCUT2D eigenvalue weighted by Crippen LogP contribution is -2.33. The largest absolute Gasteiger partial charge is 0.443 e. The van der Waals surface area contributed by atoms with E-state index in [1.54, 1.807) is 43.3 Å². The summed E-state index contributed by atoms with van der Waals surface area (Å²) in [7, 11) is 0. The van der Waals surface area contributed by atoms with Crippen LogP contribution in [0.5, 0.6) is 0 Å². The molecule has 1 N–H and O–H groups in total. The molecule has 0 unspecified atom stereocenters. The van der Waals surface area contributed by atoms with Crippen molar-refractivity contribution in [3.8, 4) is 10.6 Å². The predicted octanol–water partition coefficient (Wildman–Crippen LogP) is 4.43. The van der Waals surface area contributed by atoms with Gasteiger partial charge in [-0.3, -0.25) is 4.79 Å². The highest BCUT2D eigenvalue weighted by Gasteiger charge is 2.32. The molecule has 3 aromatic rings. The summed E-state index contributed by atoms with van der Waals surface area (Å²) < 4.78 is 18.8. The Hall–Kier alpha value is -3.06. The highest BCUT2D eigenvalue weighted by Crippen LogP contribution is 2.30. The van der Waals surface area contributed by atoms with Crippen LogP contribution in [0.25, 0.3) is 10.6 Å². The molecule has 29 heavy (non-hydrogen) atoms. The van der Waals surface area contributed by atoms with Gasteiger partial charge < -0.3 is 10.1 Å². The fourth-order valence-corrected chi connectivity index (χ4v) is 3.82. The predicted molar refractivity (Wildman–Crippen MR) is 108 cm³/mol. The van der Waals surface area contributed by atoms with E-state index < -0.39 is 12.1 Å². The van der Waals surface area contributed by atoms with E-state index in [1.165, 1.54) is 12.1 Å². The lowest BCUT2D eigenvalue weighted by atomic mass is 10.1. The van der Waals surface area contributed by atoms with Gasteiger partial charge in [0, 0.05) is 17.2 Å². The molecule has 2 aromatic carbocycles. The van der Waals surface area contributed by atoms with E-state index in [0.29, 0.717) is 26.7 Å². The molecule has 0 bridgehead atoms. The molecule has 0 spiro atoms. The first kappa shape index (κ1) is 19.3. The van der Waals surface area contributed by atoms with Gasteiger partial charge in [-0.05, 0) is 44.0 Å². The smallest absolute Gasteiger partial charge is 0.351 e. The van der Waals surface area contributed by atoms with Crippen molar-refractivity contribution in [3.63, 3.8) is 0 Å². The highest BCUT2D eigenvalue weighted by molar-refractivity contribution is 7.17. The summed E-state index contributed by atoms with van der Waals surface area (Å²) in [5, 5.41) is 3.49. The number of nitrogens with zero attached hydrogens (tertiary/aromatic N) is 1. The number of aromatic nitrogens is 1. The van der Waals surface area contributed by atoms with Gasteiger partial charge in [-0.25, -0.2) is 14.2 Å². The summed E-state index contributed by atoms with van der Waals surface area (Å²) in [5.74, 6) is -1.27. The summed E-state index contributed by atoms with van der Waals surface area (Å²) in [4.78, 5) is 30.3. The maximum Gasteiger partial charge on any atom is 0.351 e. The van der Waals surface area contributed by atoms with Crippen molar-refractivity contribution >= 4 is 23.2 Å². The SMILES string of the molecule is Cc1nc(-c2ccc(F)cc2)sc1C(=O)O[C@H](C(=O)NC1CC1)c1ccccc1. The molecule has 1 atom stereocenters. The minimum Gasteiger partial charge on any atom is -0.443 e. The van der Waals surface area contributed by atoms with Crippen LogP contribution < -0.4 is 5.32 Å². The van der Waals surface area contributed by atoms with Crippen molar-refractivity contribution < 1.29 is 18.7 Å². The molecule has 1 fully saturated rings. The molecule has 0 saturated heterocycles. The molecule has 148 valence electrons. The van der Waals surface area contributed by atoms with E-state index in [-0.39, 0.29) is 17.8 Å². The van der Waals surface area contributed by atoms with Crippen molar-refractivity contribution in [2.24, 2.45) is 0 Å². The fourth-order valence-electron chi connectivity index (χ4n) is 2.87. The number of benzene rings is 2. The minimum atomic E-state index is -1.03. The van der Waals surface area contributed by atoms with Crippen molar-refractivity contribution in [1.29, 1.82) is 0 Å². The maximum atomic E-state index is 13.2. The van der Waals surface area contributed by atoms with Crippen LogP contribution in [-0.2, 0) is 9.53 Å². The molecule has 4 rings (SSSR count). The van der Waals surface area contributed by atoms with Crippen molar-refractivity contribution in [3.05, 3.63) is 76.5 Å². The van der Waals surface area contributed by atoms with Crippen LogP contribution in [0, 0.1) is 12.7 Å². The monoisotopic (exact) mass is 410 g/mol. The summed E-state index contributed by atoms with van der Waals surface area (Å²) in [6.45, 7) is 1.71. The fraction of sp³-hybridized carbons (Fsp3) is 0.227. The van der Waals surface area contributed by atoms with Crippen LogP contribution in [0.4, 0.5) is 4.39 Å². The molecule has 1 aliphatic carbocycles. The summed E-state index contributed by atoms with van der Waals surface area (Å²) >= 11 is 1.16. The third-order valence-corrected chi connectivity index (χ3v) is 5.75. The third-order valence-electron chi connectivity index (χ3n) is 4.56. The molecular formula is C22H19FN2O3S. The Labute approximate surface area is 171 Å². The number of amides is 1. The van der Waals surface area contributed by atoms with E-state index in [1.807, 2.05) is 6.07 Å². The summed E-state index contributed by atoms with van der Waals surface area (Å²) in [6, 6.07) is 15.0. The number of halogens is 1. The number of carbonyl (C=O) groups excluding carboxylic acids is 2. The Balaban J connectivity index is 1.57. The Bertz CT molecular complexity index is 1030. The second kappa shape index (κ2) is 8.13. The lowest BCUT2D eigenvalue weighted by Gasteiger charge is -2.17. The van der Waals surface area contributed by atoms with E-state index in [2.05, 4.69) is 10.3 Å². The zero-order valence-corrected chi connectivity index (χ0v) is 16.5. The molecule has 0 radical (unpaired) electrons. The molecule has 1 heterocycles. The number of thiazole rings is 1. The van der Waals surface area contributed by atoms with Crippen LogP contribution in [0.3, 0.4) is 0 Å². The van der Waals surface area contributed by atoms with Crippen LogP contribution in [0.15, 0.2) is 54.6 Å². The van der Waals surface area contributed by atoms with Gasteiger partial charge in [-0.15, -0.1) is 11.3 Å². The number of esters is 1. The zero-order valence-electron chi connectivity index (χ0n) is 15.7. The van der Waals surface area contributed by atoms with E-state index in [9.17, 15) is 14.0 Å². The molecular weight excluding hydrogens is 391 g/mol. The second-order valence-corrected chi connectivity index (χ2v) is 7.92. The number of aryl methyl sites for hydroxylation is 1. The number of nitrogens with one attached hydrogen (secondary N) is 1. The third kappa shape index (κ3) is 4.51. The molecule has 1 saturated carbocycles. The average Bonchev–Trinajstić information content (AvgIpc) is 3.45. The minimum absolute atomic E-state index is 0.155. The summed E-state index contributed by atoms with van der Waals surface area (Å²) in [6.07, 6.45) is 0.854. The standard InChI is InChI=1S/C22H19FN2O3S/c1-13-19(29-21(24-13)15-7-9-16(23)10-8-15)22(27)28-18(14-5-3-2-4-6-14)20(26)25-17-11-12-17/h2-10,17-18H,11-12H2,1H3,(H,25,26)/t18-/m0/s1. The van der Waals surface area contributed by atoms with Crippen LogP contribution in [0.2, 0.25) is 0 Å². The number of hydrogen-bond acceptors (Lipinski definition) is 5. The van der Waals surface area contributed by atoms with Crippen LogP contribution >= 0.6 is 11.3 Å².